The van der Waals surface area contributed by atoms with Gasteiger partial charge in [-0.15, -0.1) is 0 Å². The molecule has 33 heavy (non-hydrogen) atoms. The molecule has 0 saturated carbocycles. The van der Waals surface area contributed by atoms with Crippen molar-refractivity contribution in [3.05, 3.63) is 73.6 Å². The molecule has 0 atom stereocenters. The van der Waals surface area contributed by atoms with Crippen LogP contribution in [0.1, 0.15) is 17.3 Å². The first kappa shape index (κ1) is 22.1. The van der Waals surface area contributed by atoms with E-state index >= 15 is 0 Å². The quantitative estimate of drug-likeness (QED) is 0.376. The average molecular weight is 468 g/mol. The summed E-state index contributed by atoms with van der Waals surface area (Å²) in [6.07, 6.45) is 1.56. The zero-order valence-electron chi connectivity index (χ0n) is 17.6. The highest BCUT2D eigenvalue weighted by atomic mass is 35.5. The summed E-state index contributed by atoms with van der Waals surface area (Å²) in [6.45, 7) is 1.97. The molecule has 3 N–H and O–H groups in total. The van der Waals surface area contributed by atoms with Crippen LogP contribution in [0.25, 0.3) is 10.9 Å². The number of aromatic nitrogens is 1. The molecule has 4 aromatic rings. The largest absolute Gasteiger partial charge is 0.496 e. The molecule has 4 rings (SSSR count). The number of nitrogens with one attached hydrogen (secondary N) is 1. The maximum absolute atomic E-state index is 11.9. The molecule has 0 aliphatic heterocycles. The van der Waals surface area contributed by atoms with Crippen LogP contribution in [0.4, 0.5) is 11.4 Å². The summed E-state index contributed by atoms with van der Waals surface area (Å²) in [4.78, 5) is 39.6. The number of carbonyl (C=O) groups excluding carboxylic acids is 1. The second-order valence-electron chi connectivity index (χ2n) is 6.91. The minimum absolute atomic E-state index is 0.0113. The minimum Gasteiger partial charge on any atom is -0.496 e. The van der Waals surface area contributed by atoms with Crippen LogP contribution in [0.15, 0.2) is 52.2 Å². The predicted octanol–water partition coefficient (Wildman–Crippen LogP) is 3.53. The molecule has 0 aliphatic rings. The van der Waals surface area contributed by atoms with Gasteiger partial charge >= 0.3 is 0 Å². The van der Waals surface area contributed by atoms with Crippen LogP contribution in [0.3, 0.4) is 0 Å². The van der Waals surface area contributed by atoms with Crippen molar-refractivity contribution in [2.24, 2.45) is 5.73 Å². The van der Waals surface area contributed by atoms with Gasteiger partial charge in [0, 0.05) is 23.7 Å². The van der Waals surface area contributed by atoms with Gasteiger partial charge in [0.05, 0.1) is 35.5 Å². The van der Waals surface area contributed by atoms with Crippen LogP contribution < -0.4 is 36.1 Å². The number of anilines is 2. The Morgan fingerprint density at radius 3 is 2.58 bits per heavy atom. The van der Waals surface area contributed by atoms with E-state index in [-0.39, 0.29) is 28.6 Å². The topological polar surface area (TPSA) is 130 Å². The van der Waals surface area contributed by atoms with Gasteiger partial charge in [-0.2, -0.15) is 0 Å². The smallest absolute Gasteiger partial charge is 0.272 e. The first-order chi connectivity index (χ1) is 15.8. The summed E-state index contributed by atoms with van der Waals surface area (Å²) in [6, 6.07) is 9.56. The fourth-order valence-electron chi connectivity index (χ4n) is 3.29. The number of halogens is 1. The normalized spacial score (nSPS) is 10.9. The van der Waals surface area contributed by atoms with E-state index in [0.717, 1.165) is 0 Å². The first-order valence-corrected chi connectivity index (χ1v) is 10.2. The van der Waals surface area contributed by atoms with Crippen LogP contribution in [-0.2, 0) is 0 Å². The summed E-state index contributed by atoms with van der Waals surface area (Å²) in [5, 5.41) is 3.64. The summed E-state index contributed by atoms with van der Waals surface area (Å²) in [5.41, 5.74) is 5.32. The molecule has 1 heterocycles. The van der Waals surface area contributed by atoms with Gasteiger partial charge in [-0.1, -0.05) is 11.6 Å². The number of methoxy groups -OCH3 is 1. The number of hydrogen-bond acceptors (Lipinski definition) is 8. The van der Waals surface area contributed by atoms with E-state index in [2.05, 4.69) is 10.3 Å². The molecule has 3 aromatic carbocycles. The number of rotatable bonds is 8. The number of carbonyl (C=O) groups is 1. The molecule has 0 radical (unpaired) electrons. The van der Waals surface area contributed by atoms with Crippen molar-refractivity contribution in [1.82, 2.24) is 4.98 Å². The Labute approximate surface area is 192 Å². The van der Waals surface area contributed by atoms with E-state index < -0.39 is 16.8 Å². The Balaban J connectivity index is 1.64. The van der Waals surface area contributed by atoms with E-state index in [1.54, 1.807) is 49.5 Å². The lowest BCUT2D eigenvalue weighted by molar-refractivity contribution is 0.0997. The van der Waals surface area contributed by atoms with Crippen molar-refractivity contribution in [1.29, 1.82) is 0 Å². The molecule has 0 spiro atoms. The molecular formula is C23H18ClN3O6. The van der Waals surface area contributed by atoms with Crippen molar-refractivity contribution in [3.63, 3.8) is 0 Å². The van der Waals surface area contributed by atoms with Gasteiger partial charge in [0.25, 0.3) is 16.8 Å². The molecule has 10 heteroatoms. The first-order valence-electron chi connectivity index (χ1n) is 9.81. The summed E-state index contributed by atoms with van der Waals surface area (Å²) in [7, 11) is 1.44. The number of primary amides is 1. The number of hydrogen-bond donors (Lipinski definition) is 2. The third kappa shape index (κ3) is 4.06. The molecular weight excluding hydrogens is 450 g/mol. The van der Waals surface area contributed by atoms with Crippen molar-refractivity contribution in [2.75, 3.05) is 19.0 Å². The van der Waals surface area contributed by atoms with Crippen molar-refractivity contribution < 1.29 is 19.0 Å². The maximum Gasteiger partial charge on any atom is 0.272 e. The predicted molar refractivity (Wildman–Crippen MR) is 124 cm³/mol. The highest BCUT2D eigenvalue weighted by molar-refractivity contribution is 6.33. The van der Waals surface area contributed by atoms with E-state index in [1.165, 1.54) is 7.11 Å². The van der Waals surface area contributed by atoms with E-state index in [0.29, 0.717) is 33.8 Å². The lowest BCUT2D eigenvalue weighted by atomic mass is 10.1. The van der Waals surface area contributed by atoms with Crippen molar-refractivity contribution in [3.8, 4) is 23.0 Å². The lowest BCUT2D eigenvalue weighted by Gasteiger charge is -2.15. The molecule has 0 bridgehead atoms. The molecule has 0 unspecified atom stereocenters. The Morgan fingerprint density at radius 1 is 1.12 bits per heavy atom. The molecule has 168 valence electrons. The molecule has 0 saturated heterocycles. The number of amides is 1. The zero-order valence-corrected chi connectivity index (χ0v) is 18.4. The van der Waals surface area contributed by atoms with E-state index in [4.69, 9.17) is 31.5 Å². The fraction of sp³-hybridized carbons (Fsp3) is 0.130. The third-order valence-electron chi connectivity index (χ3n) is 4.87. The van der Waals surface area contributed by atoms with E-state index in [9.17, 15) is 14.4 Å². The van der Waals surface area contributed by atoms with Gasteiger partial charge in [0.15, 0.2) is 5.75 Å². The average Bonchev–Trinajstić information content (AvgIpc) is 2.81. The summed E-state index contributed by atoms with van der Waals surface area (Å²) >= 11 is 6.36. The number of fused-ring (bicyclic) bond motifs is 1. The second-order valence-corrected chi connectivity index (χ2v) is 7.31. The monoisotopic (exact) mass is 467 g/mol. The molecule has 0 fully saturated rings. The standard InChI is InChI=1S/C23H18ClN3O6/c1-3-32-22-19(20(28)21(22)29)27-15-5-4-11(8-14(15)24)33-17-6-7-26-16-10-18(31-2)13(23(25)30)9-12(16)17/h4-10,27H,3H2,1-2H3,(H2,25,30). The van der Waals surface area contributed by atoms with Crippen LogP contribution in [0.2, 0.25) is 5.02 Å². The number of nitrogens with two attached hydrogens (primary N) is 1. The van der Waals surface area contributed by atoms with E-state index in [1.807, 2.05) is 0 Å². The molecule has 1 aromatic heterocycles. The highest BCUT2D eigenvalue weighted by Crippen LogP contribution is 2.36. The third-order valence-corrected chi connectivity index (χ3v) is 5.18. The SMILES string of the molecule is CCOc1c(Nc2ccc(Oc3ccnc4cc(OC)c(C(N)=O)cc34)cc2Cl)c(=O)c1=O. The molecule has 0 aliphatic carbocycles. The Morgan fingerprint density at radius 2 is 1.91 bits per heavy atom. The number of nitrogens with zero attached hydrogens (tertiary/aromatic N) is 1. The lowest BCUT2D eigenvalue weighted by Crippen LogP contribution is -2.35. The second kappa shape index (κ2) is 8.79. The fourth-order valence-corrected chi connectivity index (χ4v) is 3.51. The number of ether oxygens (including phenoxy) is 3. The van der Waals surface area contributed by atoms with Gasteiger partial charge in [0.1, 0.15) is 22.9 Å². The summed E-state index contributed by atoms with van der Waals surface area (Å²) in [5.74, 6) is 0.463. The van der Waals surface area contributed by atoms with Gasteiger partial charge in [-0.05, 0) is 31.2 Å². The highest BCUT2D eigenvalue weighted by Gasteiger charge is 2.23. The van der Waals surface area contributed by atoms with Crippen molar-refractivity contribution >= 4 is 39.8 Å². The van der Waals surface area contributed by atoms with Gasteiger partial charge in [-0.25, -0.2) is 0 Å². The Bertz CT molecular complexity index is 1460. The number of pyridine rings is 1. The summed E-state index contributed by atoms with van der Waals surface area (Å²) < 4.78 is 16.4. The van der Waals surface area contributed by atoms with Crippen LogP contribution in [0, 0.1) is 0 Å². The Hall–Kier alpha value is -4.11. The Kier molecular flexibility index (Phi) is 5.89. The number of benzene rings is 2. The van der Waals surface area contributed by atoms with Crippen molar-refractivity contribution in [2.45, 2.75) is 6.92 Å². The van der Waals surface area contributed by atoms with Gasteiger partial charge < -0.3 is 25.3 Å². The zero-order chi connectivity index (χ0) is 23.7. The van der Waals surface area contributed by atoms with Crippen LogP contribution >= 0.6 is 11.6 Å². The molecule has 1 amide bonds. The molecule has 9 nitrogen and oxygen atoms in total. The van der Waals surface area contributed by atoms with Gasteiger partial charge in [-0.3, -0.25) is 19.4 Å². The van der Waals surface area contributed by atoms with Crippen LogP contribution in [0.5, 0.6) is 23.0 Å². The minimum atomic E-state index is -0.674. The van der Waals surface area contributed by atoms with Crippen LogP contribution in [-0.4, -0.2) is 24.6 Å². The van der Waals surface area contributed by atoms with Gasteiger partial charge in [0.2, 0.25) is 0 Å². The maximum atomic E-state index is 11.9.